The Kier molecular flexibility index (Phi) is 7.54. The van der Waals surface area contributed by atoms with Crippen molar-refractivity contribution in [2.24, 2.45) is 13.0 Å². The summed E-state index contributed by atoms with van der Waals surface area (Å²) in [7, 11) is 1.82. The molecule has 2 N–H and O–H groups in total. The lowest BCUT2D eigenvalue weighted by Gasteiger charge is -2.21. The fraction of sp³-hybridized carbons (Fsp3) is 0.474. The quantitative estimate of drug-likeness (QED) is 0.736. The third kappa shape index (κ3) is 5.63. The Morgan fingerprint density at radius 3 is 2.76 bits per heavy atom. The highest BCUT2D eigenvalue weighted by molar-refractivity contribution is 5.85. The van der Waals surface area contributed by atoms with Gasteiger partial charge in [-0.2, -0.15) is 18.3 Å². The Bertz CT molecular complexity index is 828. The van der Waals surface area contributed by atoms with Crippen LogP contribution in [0.2, 0.25) is 0 Å². The van der Waals surface area contributed by atoms with Crippen LogP contribution in [0.25, 0.3) is 0 Å². The van der Waals surface area contributed by atoms with Gasteiger partial charge in [-0.05, 0) is 24.6 Å². The lowest BCUT2D eigenvalue weighted by molar-refractivity contribution is -0.139. The normalized spacial score (nSPS) is 20.0. The Morgan fingerprint density at radius 2 is 2.10 bits per heavy atom. The number of nitrogens with one attached hydrogen (secondary N) is 2. The standard InChI is InChI=1S/C19H23F3N4O2.ClH/c1-12(11-28-17-6-4-3-5-16(17)19(20,21)22)25-18(27)15-9-23-8-14(15)13-7-24-26(2)10-13;/h3-7,10,12,14-15,23H,8-9,11H2,1-2H3,(H,25,27);1H/t12?,14-,15+;/m1./s1. The number of aromatic nitrogens is 2. The summed E-state index contributed by atoms with van der Waals surface area (Å²) >= 11 is 0. The van der Waals surface area contributed by atoms with Gasteiger partial charge in [-0.15, -0.1) is 12.4 Å². The van der Waals surface area contributed by atoms with Gasteiger partial charge in [-0.1, -0.05) is 12.1 Å². The van der Waals surface area contributed by atoms with Crippen LogP contribution < -0.4 is 15.4 Å². The second-order valence-corrected chi connectivity index (χ2v) is 7.03. The number of carbonyl (C=O) groups excluding carboxylic acids is 1. The summed E-state index contributed by atoms with van der Waals surface area (Å²) in [6.07, 6.45) is -0.855. The number of para-hydroxylation sites is 1. The fourth-order valence-electron chi connectivity index (χ4n) is 3.37. The van der Waals surface area contributed by atoms with Crippen molar-refractivity contribution in [1.29, 1.82) is 0 Å². The van der Waals surface area contributed by atoms with E-state index in [2.05, 4.69) is 15.7 Å². The number of hydrogen-bond acceptors (Lipinski definition) is 4. The minimum atomic E-state index is -4.49. The van der Waals surface area contributed by atoms with Crippen LogP contribution in [0.4, 0.5) is 13.2 Å². The molecule has 1 aliphatic rings. The number of aryl methyl sites for hydroxylation is 1. The van der Waals surface area contributed by atoms with E-state index < -0.39 is 17.8 Å². The number of hydrogen-bond donors (Lipinski definition) is 2. The smallest absolute Gasteiger partial charge is 0.419 e. The maximum atomic E-state index is 13.0. The van der Waals surface area contributed by atoms with Crippen LogP contribution in [0.3, 0.4) is 0 Å². The van der Waals surface area contributed by atoms with Crippen LogP contribution in [0.15, 0.2) is 36.7 Å². The zero-order chi connectivity index (χ0) is 20.3. The van der Waals surface area contributed by atoms with Gasteiger partial charge >= 0.3 is 6.18 Å². The molecule has 1 aromatic heterocycles. The van der Waals surface area contributed by atoms with E-state index in [0.717, 1.165) is 11.6 Å². The summed E-state index contributed by atoms with van der Waals surface area (Å²) < 4.78 is 46.1. The molecule has 1 aliphatic heterocycles. The molecule has 0 bridgehead atoms. The molecule has 2 aromatic rings. The lowest BCUT2D eigenvalue weighted by Crippen LogP contribution is -2.42. The van der Waals surface area contributed by atoms with Gasteiger partial charge in [0.1, 0.15) is 12.4 Å². The summed E-state index contributed by atoms with van der Waals surface area (Å²) in [6.45, 7) is 2.86. The Hall–Kier alpha value is -2.26. The third-order valence-corrected chi connectivity index (χ3v) is 4.77. The molecule has 160 valence electrons. The van der Waals surface area contributed by atoms with Crippen molar-refractivity contribution in [3.8, 4) is 5.75 Å². The predicted octanol–water partition coefficient (Wildman–Crippen LogP) is 2.75. The molecular weight excluding hydrogens is 409 g/mol. The number of alkyl halides is 3. The summed E-state index contributed by atoms with van der Waals surface area (Å²) in [6, 6.07) is 4.60. The van der Waals surface area contributed by atoms with Gasteiger partial charge in [0.2, 0.25) is 5.91 Å². The number of ether oxygens (including phenoxy) is 1. The van der Waals surface area contributed by atoms with Crippen LogP contribution in [0, 0.1) is 5.92 Å². The van der Waals surface area contributed by atoms with Crippen molar-refractivity contribution < 1.29 is 22.7 Å². The molecule has 1 fully saturated rings. The van der Waals surface area contributed by atoms with Gasteiger partial charge in [-0.3, -0.25) is 9.48 Å². The molecule has 3 atom stereocenters. The van der Waals surface area contributed by atoms with E-state index in [-0.39, 0.29) is 42.5 Å². The number of carbonyl (C=O) groups is 1. The Labute approximate surface area is 173 Å². The second-order valence-electron chi connectivity index (χ2n) is 7.03. The maximum absolute atomic E-state index is 13.0. The Morgan fingerprint density at radius 1 is 1.38 bits per heavy atom. The topological polar surface area (TPSA) is 68.2 Å². The summed E-state index contributed by atoms with van der Waals surface area (Å²) in [5.74, 6) is -0.659. The SMILES string of the molecule is CC(COc1ccccc1C(F)(F)F)NC(=O)[C@H]1CNC[C@@H]1c1cnn(C)c1.Cl. The molecule has 1 unspecified atom stereocenters. The van der Waals surface area contributed by atoms with Crippen LogP contribution in [-0.2, 0) is 18.0 Å². The number of benzene rings is 1. The average Bonchev–Trinajstić information content (AvgIpc) is 3.28. The lowest BCUT2D eigenvalue weighted by atomic mass is 9.90. The number of nitrogens with zero attached hydrogens (tertiary/aromatic N) is 2. The molecule has 1 saturated heterocycles. The van der Waals surface area contributed by atoms with Crippen molar-refractivity contribution in [3.63, 3.8) is 0 Å². The van der Waals surface area contributed by atoms with Gasteiger partial charge in [0.25, 0.3) is 0 Å². The molecule has 29 heavy (non-hydrogen) atoms. The van der Waals surface area contributed by atoms with E-state index in [1.54, 1.807) is 17.8 Å². The summed E-state index contributed by atoms with van der Waals surface area (Å²) in [5, 5.41) is 10.2. The molecule has 0 radical (unpaired) electrons. The van der Waals surface area contributed by atoms with Crippen LogP contribution in [0.5, 0.6) is 5.75 Å². The van der Waals surface area contributed by atoms with E-state index in [9.17, 15) is 18.0 Å². The largest absolute Gasteiger partial charge is 0.491 e. The van der Waals surface area contributed by atoms with Crippen LogP contribution >= 0.6 is 12.4 Å². The minimum Gasteiger partial charge on any atom is -0.491 e. The Balaban J connectivity index is 0.00000300. The second kappa shape index (κ2) is 9.49. The zero-order valence-corrected chi connectivity index (χ0v) is 16.9. The highest BCUT2D eigenvalue weighted by Gasteiger charge is 2.36. The van der Waals surface area contributed by atoms with Crippen molar-refractivity contribution >= 4 is 18.3 Å². The van der Waals surface area contributed by atoms with E-state index in [1.807, 2.05) is 13.2 Å². The van der Waals surface area contributed by atoms with Gasteiger partial charge in [-0.25, -0.2) is 0 Å². The number of halogens is 4. The average molecular weight is 433 g/mol. The molecule has 1 amide bonds. The van der Waals surface area contributed by atoms with Crippen LogP contribution in [0.1, 0.15) is 24.0 Å². The van der Waals surface area contributed by atoms with Crippen LogP contribution in [-0.4, -0.2) is 41.4 Å². The third-order valence-electron chi connectivity index (χ3n) is 4.77. The van der Waals surface area contributed by atoms with E-state index in [0.29, 0.717) is 13.1 Å². The summed E-state index contributed by atoms with van der Waals surface area (Å²) in [4.78, 5) is 12.7. The maximum Gasteiger partial charge on any atom is 0.419 e. The molecule has 0 aliphatic carbocycles. The molecule has 10 heteroatoms. The van der Waals surface area contributed by atoms with Gasteiger partial charge in [0.15, 0.2) is 0 Å². The van der Waals surface area contributed by atoms with Gasteiger partial charge in [0, 0.05) is 32.3 Å². The van der Waals surface area contributed by atoms with Gasteiger partial charge in [0.05, 0.1) is 23.7 Å². The van der Waals surface area contributed by atoms with Crippen molar-refractivity contribution in [2.45, 2.75) is 25.1 Å². The fourth-order valence-corrected chi connectivity index (χ4v) is 3.37. The van der Waals surface area contributed by atoms with E-state index in [4.69, 9.17) is 4.74 Å². The highest BCUT2D eigenvalue weighted by Crippen LogP contribution is 2.36. The highest BCUT2D eigenvalue weighted by atomic mass is 35.5. The number of rotatable bonds is 6. The molecular formula is C19H24ClF3N4O2. The van der Waals surface area contributed by atoms with E-state index >= 15 is 0 Å². The summed E-state index contributed by atoms with van der Waals surface area (Å²) in [5.41, 5.74) is 0.154. The van der Waals surface area contributed by atoms with Gasteiger partial charge < -0.3 is 15.4 Å². The molecule has 2 heterocycles. The zero-order valence-electron chi connectivity index (χ0n) is 16.1. The monoisotopic (exact) mass is 432 g/mol. The van der Waals surface area contributed by atoms with Crippen molar-refractivity contribution in [1.82, 2.24) is 20.4 Å². The molecule has 6 nitrogen and oxygen atoms in total. The molecule has 0 spiro atoms. The molecule has 1 aromatic carbocycles. The first kappa shape index (κ1) is 23.0. The molecule has 0 saturated carbocycles. The molecule has 3 rings (SSSR count). The van der Waals surface area contributed by atoms with E-state index in [1.165, 1.54) is 18.2 Å². The first-order valence-electron chi connectivity index (χ1n) is 9.04. The first-order valence-corrected chi connectivity index (χ1v) is 9.04. The predicted molar refractivity (Wildman–Crippen MR) is 104 cm³/mol. The first-order chi connectivity index (χ1) is 13.3. The number of amides is 1. The minimum absolute atomic E-state index is 0. The van der Waals surface area contributed by atoms with Crippen molar-refractivity contribution in [3.05, 3.63) is 47.8 Å². The van der Waals surface area contributed by atoms with Crippen molar-refractivity contribution in [2.75, 3.05) is 19.7 Å².